The first kappa shape index (κ1) is 17.1. The number of piperidine rings is 1. The van der Waals surface area contributed by atoms with Gasteiger partial charge in [0.2, 0.25) is 0 Å². The Bertz CT molecular complexity index is 467. The van der Waals surface area contributed by atoms with Crippen molar-refractivity contribution in [3.05, 3.63) is 0 Å². The lowest BCUT2D eigenvalue weighted by molar-refractivity contribution is 0.165. The summed E-state index contributed by atoms with van der Waals surface area (Å²) in [5.41, 5.74) is 5.67. The number of rotatable bonds is 4. The van der Waals surface area contributed by atoms with Crippen LogP contribution in [0.4, 0.5) is 0 Å². The zero-order chi connectivity index (χ0) is 15.6. The molecular formula is C13H26N4O2S2. The van der Waals surface area contributed by atoms with Crippen molar-refractivity contribution in [3.63, 3.8) is 0 Å². The van der Waals surface area contributed by atoms with Gasteiger partial charge in [-0.05, 0) is 25.7 Å². The predicted molar refractivity (Wildman–Crippen MR) is 88.3 cm³/mol. The number of nitrogens with zero attached hydrogens (tertiary/aromatic N) is 3. The van der Waals surface area contributed by atoms with Crippen LogP contribution in [0.5, 0.6) is 0 Å². The minimum Gasteiger partial charge on any atom is -0.392 e. The fourth-order valence-corrected chi connectivity index (χ4v) is 4.65. The molecule has 21 heavy (non-hydrogen) atoms. The molecule has 0 aromatic heterocycles. The number of hydrogen-bond donors (Lipinski definition) is 1. The average molecular weight is 335 g/mol. The van der Waals surface area contributed by atoms with Gasteiger partial charge in [0.1, 0.15) is 0 Å². The van der Waals surface area contributed by atoms with E-state index in [2.05, 4.69) is 11.8 Å². The van der Waals surface area contributed by atoms with E-state index in [-0.39, 0.29) is 6.04 Å². The number of thiocarbonyl (C=S) groups is 1. The maximum Gasteiger partial charge on any atom is 0.282 e. The van der Waals surface area contributed by atoms with Gasteiger partial charge in [-0.15, -0.1) is 0 Å². The van der Waals surface area contributed by atoms with E-state index >= 15 is 0 Å². The van der Waals surface area contributed by atoms with E-state index in [1.807, 2.05) is 6.92 Å². The zero-order valence-corrected chi connectivity index (χ0v) is 14.5. The molecule has 2 aliphatic heterocycles. The molecule has 122 valence electrons. The van der Waals surface area contributed by atoms with Crippen molar-refractivity contribution in [1.82, 2.24) is 13.5 Å². The Morgan fingerprint density at radius 1 is 1.10 bits per heavy atom. The summed E-state index contributed by atoms with van der Waals surface area (Å²) in [5.74, 6) is 0.625. The molecule has 2 rings (SSSR count). The lowest BCUT2D eigenvalue weighted by Gasteiger charge is -2.40. The molecule has 0 spiro atoms. The van der Waals surface area contributed by atoms with Gasteiger partial charge in [-0.3, -0.25) is 4.90 Å². The summed E-state index contributed by atoms with van der Waals surface area (Å²) in [4.78, 5) is 2.61. The van der Waals surface area contributed by atoms with E-state index in [1.54, 1.807) is 8.61 Å². The number of hydrogen-bond acceptors (Lipinski definition) is 4. The van der Waals surface area contributed by atoms with Crippen molar-refractivity contribution in [2.24, 2.45) is 11.7 Å². The Kier molecular flexibility index (Phi) is 5.59. The largest absolute Gasteiger partial charge is 0.392 e. The Morgan fingerprint density at radius 2 is 1.57 bits per heavy atom. The van der Waals surface area contributed by atoms with Crippen LogP contribution >= 0.6 is 12.2 Å². The first-order valence-electron chi connectivity index (χ1n) is 7.61. The van der Waals surface area contributed by atoms with Gasteiger partial charge in [0.05, 0.1) is 11.0 Å². The van der Waals surface area contributed by atoms with Crippen LogP contribution in [0.1, 0.15) is 26.7 Å². The average Bonchev–Trinajstić information content (AvgIpc) is 2.47. The second-order valence-corrected chi connectivity index (χ2v) is 8.50. The van der Waals surface area contributed by atoms with Gasteiger partial charge in [0, 0.05) is 39.3 Å². The molecular weight excluding hydrogens is 308 g/mol. The van der Waals surface area contributed by atoms with Crippen LogP contribution in [0.2, 0.25) is 0 Å². The third-order valence-corrected chi connectivity index (χ3v) is 7.00. The van der Waals surface area contributed by atoms with Crippen molar-refractivity contribution < 1.29 is 8.42 Å². The van der Waals surface area contributed by atoms with Gasteiger partial charge in [-0.1, -0.05) is 19.1 Å². The minimum atomic E-state index is -3.30. The molecule has 2 fully saturated rings. The molecule has 0 saturated carbocycles. The maximum absolute atomic E-state index is 12.6. The van der Waals surface area contributed by atoms with Crippen LogP contribution in [0.25, 0.3) is 0 Å². The summed E-state index contributed by atoms with van der Waals surface area (Å²) in [7, 11) is -3.30. The van der Waals surface area contributed by atoms with Gasteiger partial charge in [0.15, 0.2) is 0 Å². The molecule has 0 amide bonds. The topological polar surface area (TPSA) is 69.9 Å². The van der Waals surface area contributed by atoms with Crippen molar-refractivity contribution in [3.8, 4) is 0 Å². The Hall–Kier alpha value is -0.280. The lowest BCUT2D eigenvalue weighted by Crippen LogP contribution is -2.57. The summed E-state index contributed by atoms with van der Waals surface area (Å²) in [6.07, 6.45) is 1.91. The summed E-state index contributed by atoms with van der Waals surface area (Å²) in [5, 5.41) is 0. The Labute approximate surface area is 133 Å². The summed E-state index contributed by atoms with van der Waals surface area (Å²) in [6, 6.07) is 0.0284. The van der Waals surface area contributed by atoms with Gasteiger partial charge >= 0.3 is 0 Å². The quantitative estimate of drug-likeness (QED) is 0.747. The molecule has 2 saturated heterocycles. The predicted octanol–water partition coefficient (Wildman–Crippen LogP) is 0.255. The van der Waals surface area contributed by atoms with E-state index in [9.17, 15) is 8.42 Å². The highest BCUT2D eigenvalue weighted by atomic mass is 32.2. The van der Waals surface area contributed by atoms with Crippen LogP contribution in [-0.2, 0) is 10.2 Å². The number of piperazine rings is 1. The molecule has 6 nitrogen and oxygen atoms in total. The molecule has 0 radical (unpaired) electrons. The van der Waals surface area contributed by atoms with E-state index in [0.29, 0.717) is 50.2 Å². The summed E-state index contributed by atoms with van der Waals surface area (Å²) in [6.45, 7) is 7.84. The normalized spacial score (nSPS) is 25.8. The minimum absolute atomic E-state index is 0.0284. The monoisotopic (exact) mass is 334 g/mol. The second-order valence-electron chi connectivity index (χ2n) is 6.10. The van der Waals surface area contributed by atoms with Crippen LogP contribution in [-0.4, -0.2) is 72.2 Å². The summed E-state index contributed by atoms with van der Waals surface area (Å²) < 4.78 is 28.5. The van der Waals surface area contributed by atoms with Crippen LogP contribution in [0.15, 0.2) is 0 Å². The molecule has 0 aliphatic carbocycles. The van der Waals surface area contributed by atoms with Gasteiger partial charge < -0.3 is 5.73 Å². The standard InChI is InChI=1S/C13H26N4O2S2/c1-11-3-5-16(6-4-11)21(18,19)17-9-7-15(8-10-17)12(2)13(14)20/h11-12H,3-10H2,1-2H3,(H2,14,20). The maximum atomic E-state index is 12.6. The molecule has 0 aromatic carbocycles. The SMILES string of the molecule is CC1CCN(S(=O)(=O)N2CCN(C(C)C(N)=S)CC2)CC1. The molecule has 1 unspecified atom stereocenters. The van der Waals surface area contributed by atoms with Gasteiger partial charge in [-0.25, -0.2) is 0 Å². The van der Waals surface area contributed by atoms with Crippen molar-refractivity contribution in [2.75, 3.05) is 39.3 Å². The molecule has 2 heterocycles. The van der Waals surface area contributed by atoms with Gasteiger partial charge in [0.25, 0.3) is 10.2 Å². The number of nitrogens with two attached hydrogens (primary N) is 1. The van der Waals surface area contributed by atoms with Crippen molar-refractivity contribution in [1.29, 1.82) is 0 Å². The van der Waals surface area contributed by atoms with Crippen LogP contribution < -0.4 is 5.73 Å². The highest BCUT2D eigenvalue weighted by Crippen LogP contribution is 2.21. The fourth-order valence-electron chi connectivity index (χ4n) is 2.88. The van der Waals surface area contributed by atoms with Crippen molar-refractivity contribution >= 4 is 27.4 Å². The molecule has 0 bridgehead atoms. The zero-order valence-electron chi connectivity index (χ0n) is 12.9. The highest BCUT2D eigenvalue weighted by Gasteiger charge is 2.34. The van der Waals surface area contributed by atoms with Crippen molar-refractivity contribution in [2.45, 2.75) is 32.7 Å². The first-order chi connectivity index (χ1) is 9.82. The Morgan fingerprint density at radius 3 is 2.05 bits per heavy atom. The third kappa shape index (κ3) is 3.92. The fraction of sp³-hybridized carbons (Fsp3) is 0.923. The molecule has 0 aromatic rings. The van der Waals surface area contributed by atoms with E-state index in [4.69, 9.17) is 18.0 Å². The lowest BCUT2D eigenvalue weighted by atomic mass is 10.0. The summed E-state index contributed by atoms with van der Waals surface area (Å²) >= 11 is 5.01. The first-order valence-corrected chi connectivity index (χ1v) is 9.41. The molecule has 2 aliphatic rings. The van der Waals surface area contributed by atoms with E-state index < -0.39 is 10.2 Å². The molecule has 2 N–H and O–H groups in total. The van der Waals surface area contributed by atoms with Crippen LogP contribution in [0.3, 0.4) is 0 Å². The van der Waals surface area contributed by atoms with E-state index in [0.717, 1.165) is 12.8 Å². The smallest absolute Gasteiger partial charge is 0.282 e. The van der Waals surface area contributed by atoms with Gasteiger partial charge in [-0.2, -0.15) is 17.0 Å². The van der Waals surface area contributed by atoms with Crippen LogP contribution in [0, 0.1) is 5.92 Å². The third-order valence-electron chi connectivity index (χ3n) is 4.63. The second kappa shape index (κ2) is 6.87. The van der Waals surface area contributed by atoms with E-state index in [1.165, 1.54) is 0 Å². The Balaban J connectivity index is 1.93. The molecule has 8 heteroatoms. The molecule has 1 atom stereocenters. The highest BCUT2D eigenvalue weighted by molar-refractivity contribution is 7.86.